The second kappa shape index (κ2) is 6.37. The fraction of sp³-hybridized carbons (Fsp3) is 0.467. The van der Waals surface area contributed by atoms with Crippen LogP contribution in [0, 0.1) is 13.8 Å². The van der Waals surface area contributed by atoms with Gasteiger partial charge in [-0.25, -0.2) is 0 Å². The molecule has 0 bridgehead atoms. The molecule has 0 saturated carbocycles. The van der Waals surface area contributed by atoms with E-state index in [0.717, 1.165) is 29.9 Å². The molecule has 108 valence electrons. The minimum absolute atomic E-state index is 0.202. The van der Waals surface area contributed by atoms with Crippen LogP contribution in [0.25, 0.3) is 0 Å². The number of aryl methyl sites for hydroxylation is 3. The monoisotopic (exact) mass is 292 g/mol. The summed E-state index contributed by atoms with van der Waals surface area (Å²) in [5, 5.41) is 8.58. The van der Waals surface area contributed by atoms with Gasteiger partial charge >= 0.3 is 0 Å². The lowest BCUT2D eigenvalue weighted by molar-refractivity contribution is 0.547. The van der Waals surface area contributed by atoms with Crippen LogP contribution in [0.15, 0.2) is 18.3 Å². The second-order valence-corrected chi connectivity index (χ2v) is 5.38. The topological polar surface area (TPSA) is 42.7 Å². The first kappa shape index (κ1) is 15.0. The molecule has 0 aliphatic rings. The third-order valence-corrected chi connectivity index (χ3v) is 3.94. The van der Waals surface area contributed by atoms with Crippen LogP contribution in [0.3, 0.4) is 0 Å². The Kier molecular flexibility index (Phi) is 4.78. The van der Waals surface area contributed by atoms with Crippen molar-refractivity contribution in [3.8, 4) is 0 Å². The van der Waals surface area contributed by atoms with Crippen LogP contribution in [0.4, 0.5) is 0 Å². The van der Waals surface area contributed by atoms with Crippen molar-refractivity contribution >= 4 is 11.6 Å². The summed E-state index contributed by atoms with van der Waals surface area (Å²) in [6.07, 6.45) is 2.75. The first-order valence-electron chi connectivity index (χ1n) is 6.86. The molecule has 0 aliphatic heterocycles. The zero-order chi connectivity index (χ0) is 14.7. The van der Waals surface area contributed by atoms with E-state index in [0.29, 0.717) is 5.15 Å². The zero-order valence-corrected chi connectivity index (χ0v) is 13.2. The fourth-order valence-electron chi connectivity index (χ4n) is 2.35. The highest BCUT2D eigenvalue weighted by Gasteiger charge is 2.18. The van der Waals surface area contributed by atoms with Crippen molar-refractivity contribution in [1.82, 2.24) is 20.1 Å². The number of aromatic nitrogens is 3. The number of rotatable bonds is 5. The van der Waals surface area contributed by atoms with Crippen LogP contribution in [-0.4, -0.2) is 21.3 Å². The molecule has 0 amide bonds. The third kappa shape index (κ3) is 3.19. The number of nitrogens with zero attached hydrogens (tertiary/aromatic N) is 3. The molecule has 2 aromatic rings. The van der Waals surface area contributed by atoms with Crippen molar-refractivity contribution in [1.29, 1.82) is 0 Å². The summed E-state index contributed by atoms with van der Waals surface area (Å²) < 4.78 is 1.72. The Labute approximate surface area is 125 Å². The lowest BCUT2D eigenvalue weighted by Crippen LogP contribution is -2.23. The molecule has 0 radical (unpaired) electrons. The van der Waals surface area contributed by atoms with Crippen molar-refractivity contribution in [2.24, 2.45) is 7.05 Å². The number of pyridine rings is 1. The third-order valence-electron chi connectivity index (χ3n) is 3.47. The molecular weight excluding hydrogens is 272 g/mol. The van der Waals surface area contributed by atoms with E-state index < -0.39 is 0 Å². The standard InChI is InChI=1S/C15H21ClN4/c1-5-17-14(12-7-6-10(2)18-9-12)8-13-11(3)19-20(4)15(13)16/h6-7,9,14,17H,5,8H2,1-4H3. The molecular formula is C15H21ClN4. The Bertz CT molecular complexity index is 574. The van der Waals surface area contributed by atoms with E-state index in [1.54, 1.807) is 4.68 Å². The van der Waals surface area contributed by atoms with Crippen molar-refractivity contribution in [2.75, 3.05) is 6.54 Å². The van der Waals surface area contributed by atoms with E-state index >= 15 is 0 Å². The minimum Gasteiger partial charge on any atom is -0.310 e. The molecule has 0 spiro atoms. The Balaban J connectivity index is 2.27. The predicted molar refractivity (Wildman–Crippen MR) is 82.1 cm³/mol. The Morgan fingerprint density at radius 3 is 2.60 bits per heavy atom. The quantitative estimate of drug-likeness (QED) is 0.921. The molecule has 2 heterocycles. The first-order chi connectivity index (χ1) is 9.52. The smallest absolute Gasteiger partial charge is 0.130 e. The van der Waals surface area contributed by atoms with Crippen LogP contribution >= 0.6 is 11.6 Å². The molecule has 2 aromatic heterocycles. The van der Waals surface area contributed by atoms with Crippen molar-refractivity contribution in [3.05, 3.63) is 46.0 Å². The van der Waals surface area contributed by atoms with Gasteiger partial charge in [-0.15, -0.1) is 0 Å². The molecule has 1 N–H and O–H groups in total. The molecule has 0 saturated heterocycles. The number of likely N-dealkylation sites (N-methyl/N-ethyl adjacent to an activating group) is 1. The Morgan fingerprint density at radius 2 is 2.10 bits per heavy atom. The SMILES string of the molecule is CCNC(Cc1c(C)nn(C)c1Cl)c1ccc(C)nc1. The van der Waals surface area contributed by atoms with E-state index in [-0.39, 0.29) is 6.04 Å². The summed E-state index contributed by atoms with van der Waals surface area (Å²) in [7, 11) is 1.87. The highest BCUT2D eigenvalue weighted by Crippen LogP contribution is 2.25. The van der Waals surface area contributed by atoms with Crippen molar-refractivity contribution < 1.29 is 0 Å². The predicted octanol–water partition coefficient (Wildman–Crippen LogP) is 2.98. The molecule has 2 rings (SSSR count). The maximum Gasteiger partial charge on any atom is 0.130 e. The summed E-state index contributed by atoms with van der Waals surface area (Å²) in [5.74, 6) is 0. The van der Waals surface area contributed by atoms with Gasteiger partial charge in [-0.05, 0) is 38.4 Å². The fourth-order valence-corrected chi connectivity index (χ4v) is 2.60. The van der Waals surface area contributed by atoms with Crippen LogP contribution in [0.2, 0.25) is 5.15 Å². The summed E-state index contributed by atoms with van der Waals surface area (Å²) in [5.41, 5.74) is 4.29. The van der Waals surface area contributed by atoms with Gasteiger partial charge in [0, 0.05) is 30.5 Å². The normalized spacial score (nSPS) is 12.7. The molecule has 1 unspecified atom stereocenters. The lowest BCUT2D eigenvalue weighted by Gasteiger charge is -2.18. The lowest BCUT2D eigenvalue weighted by atomic mass is 10.0. The van der Waals surface area contributed by atoms with E-state index in [9.17, 15) is 0 Å². The first-order valence-corrected chi connectivity index (χ1v) is 7.24. The summed E-state index contributed by atoms with van der Waals surface area (Å²) in [4.78, 5) is 4.38. The molecule has 4 nitrogen and oxygen atoms in total. The van der Waals surface area contributed by atoms with Gasteiger partial charge in [-0.2, -0.15) is 5.10 Å². The van der Waals surface area contributed by atoms with Gasteiger partial charge in [-0.1, -0.05) is 24.6 Å². The van der Waals surface area contributed by atoms with E-state index in [1.165, 1.54) is 5.56 Å². The minimum atomic E-state index is 0.202. The van der Waals surface area contributed by atoms with Gasteiger partial charge in [0.05, 0.1) is 5.69 Å². The maximum absolute atomic E-state index is 6.33. The number of nitrogens with one attached hydrogen (secondary N) is 1. The average molecular weight is 293 g/mol. The largest absolute Gasteiger partial charge is 0.310 e. The second-order valence-electron chi connectivity index (χ2n) is 5.03. The highest BCUT2D eigenvalue weighted by atomic mass is 35.5. The Hall–Kier alpha value is -1.39. The molecule has 5 heteroatoms. The van der Waals surface area contributed by atoms with Crippen LogP contribution in [-0.2, 0) is 13.5 Å². The summed E-state index contributed by atoms with van der Waals surface area (Å²) >= 11 is 6.33. The Morgan fingerprint density at radius 1 is 1.35 bits per heavy atom. The zero-order valence-electron chi connectivity index (χ0n) is 12.4. The van der Waals surface area contributed by atoms with Gasteiger partial charge in [0.25, 0.3) is 0 Å². The molecule has 20 heavy (non-hydrogen) atoms. The van der Waals surface area contributed by atoms with Gasteiger partial charge in [0.2, 0.25) is 0 Å². The highest BCUT2D eigenvalue weighted by molar-refractivity contribution is 6.30. The molecule has 1 atom stereocenters. The molecule has 0 aliphatic carbocycles. The van der Waals surface area contributed by atoms with E-state index in [1.807, 2.05) is 33.2 Å². The number of hydrogen-bond donors (Lipinski definition) is 1. The number of hydrogen-bond acceptors (Lipinski definition) is 3. The van der Waals surface area contributed by atoms with Gasteiger partial charge in [-0.3, -0.25) is 9.67 Å². The van der Waals surface area contributed by atoms with Crippen LogP contribution in [0.1, 0.15) is 35.5 Å². The van der Waals surface area contributed by atoms with E-state index in [4.69, 9.17) is 11.6 Å². The summed E-state index contributed by atoms with van der Waals surface area (Å²) in [6.45, 7) is 6.99. The van der Waals surface area contributed by atoms with Crippen LogP contribution < -0.4 is 5.32 Å². The van der Waals surface area contributed by atoms with Gasteiger partial charge in [0.1, 0.15) is 5.15 Å². The number of halogens is 1. The molecule has 0 fully saturated rings. The van der Waals surface area contributed by atoms with E-state index in [2.05, 4.69) is 28.4 Å². The summed E-state index contributed by atoms with van der Waals surface area (Å²) in [6, 6.07) is 4.36. The van der Waals surface area contributed by atoms with Crippen LogP contribution in [0.5, 0.6) is 0 Å². The molecule has 0 aromatic carbocycles. The van der Waals surface area contributed by atoms with Gasteiger partial charge in [0.15, 0.2) is 0 Å². The average Bonchev–Trinajstić information content (AvgIpc) is 2.65. The maximum atomic E-state index is 6.33. The van der Waals surface area contributed by atoms with Crippen molar-refractivity contribution in [3.63, 3.8) is 0 Å². The van der Waals surface area contributed by atoms with Crippen molar-refractivity contribution in [2.45, 2.75) is 33.2 Å². The van der Waals surface area contributed by atoms with Gasteiger partial charge < -0.3 is 5.32 Å².